The molecule has 0 bridgehead atoms. The molecule has 1 unspecified atom stereocenters. The van der Waals surface area contributed by atoms with Crippen molar-refractivity contribution in [3.05, 3.63) is 35.9 Å². The maximum atomic E-state index is 9.74. The molecular weight excluding hydrogens is 260 g/mol. The Hall–Kier alpha value is -1.37. The van der Waals surface area contributed by atoms with Crippen molar-refractivity contribution < 1.29 is 4.74 Å². The SMILES string of the molecule is CCCNC(C#N)(CCOCCC1CC1)c1ccccc1. The summed E-state index contributed by atoms with van der Waals surface area (Å²) < 4.78 is 5.75. The van der Waals surface area contributed by atoms with E-state index in [-0.39, 0.29) is 0 Å². The first-order valence-electron chi connectivity index (χ1n) is 8.10. The predicted molar refractivity (Wildman–Crippen MR) is 84.8 cm³/mol. The van der Waals surface area contributed by atoms with Crippen molar-refractivity contribution in [3.8, 4) is 6.07 Å². The summed E-state index contributed by atoms with van der Waals surface area (Å²) in [5.41, 5.74) is 0.406. The molecule has 1 aromatic carbocycles. The molecule has 0 aromatic heterocycles. The van der Waals surface area contributed by atoms with Crippen molar-refractivity contribution in [2.24, 2.45) is 5.92 Å². The van der Waals surface area contributed by atoms with Crippen LogP contribution >= 0.6 is 0 Å². The Morgan fingerprint density at radius 3 is 2.67 bits per heavy atom. The molecule has 1 aliphatic carbocycles. The van der Waals surface area contributed by atoms with Crippen molar-refractivity contribution in [2.75, 3.05) is 19.8 Å². The van der Waals surface area contributed by atoms with Crippen molar-refractivity contribution in [1.82, 2.24) is 5.32 Å². The van der Waals surface area contributed by atoms with Crippen molar-refractivity contribution in [3.63, 3.8) is 0 Å². The van der Waals surface area contributed by atoms with E-state index in [0.29, 0.717) is 13.0 Å². The molecule has 1 aromatic rings. The Kier molecular flexibility index (Phi) is 6.22. The number of rotatable bonds is 10. The second-order valence-electron chi connectivity index (χ2n) is 5.90. The van der Waals surface area contributed by atoms with Crippen LogP contribution in [0.1, 0.15) is 44.6 Å². The average molecular weight is 286 g/mol. The lowest BCUT2D eigenvalue weighted by atomic mass is 9.88. The van der Waals surface area contributed by atoms with Crippen molar-refractivity contribution in [1.29, 1.82) is 5.26 Å². The average Bonchev–Trinajstić information content (AvgIpc) is 3.35. The van der Waals surface area contributed by atoms with Crippen LogP contribution in [0.3, 0.4) is 0 Å². The molecule has 1 aliphatic rings. The van der Waals surface area contributed by atoms with Gasteiger partial charge in [0.2, 0.25) is 0 Å². The molecule has 1 saturated carbocycles. The van der Waals surface area contributed by atoms with E-state index in [2.05, 4.69) is 18.3 Å². The highest BCUT2D eigenvalue weighted by Crippen LogP contribution is 2.32. The molecule has 1 atom stereocenters. The third-order valence-corrected chi connectivity index (χ3v) is 4.12. The summed E-state index contributed by atoms with van der Waals surface area (Å²) in [7, 11) is 0. The van der Waals surface area contributed by atoms with Gasteiger partial charge in [-0.05, 0) is 30.9 Å². The van der Waals surface area contributed by atoms with Gasteiger partial charge < -0.3 is 4.74 Å². The fraction of sp³-hybridized carbons (Fsp3) is 0.611. The molecule has 2 rings (SSSR count). The van der Waals surface area contributed by atoms with Gasteiger partial charge in [0.25, 0.3) is 0 Å². The van der Waals surface area contributed by atoms with Gasteiger partial charge in [0.15, 0.2) is 0 Å². The summed E-state index contributed by atoms with van der Waals surface area (Å²) in [4.78, 5) is 0. The highest BCUT2D eigenvalue weighted by atomic mass is 16.5. The second-order valence-corrected chi connectivity index (χ2v) is 5.90. The minimum Gasteiger partial charge on any atom is -0.381 e. The molecule has 114 valence electrons. The van der Waals surface area contributed by atoms with Gasteiger partial charge in [0.05, 0.1) is 6.07 Å². The molecule has 1 fully saturated rings. The standard InChI is InChI=1S/C18H26N2O/c1-2-12-20-18(15-19,17-6-4-3-5-7-17)11-14-21-13-10-16-8-9-16/h3-7,16,20H,2,8-14H2,1H3. The third kappa shape index (κ3) is 4.84. The van der Waals surface area contributed by atoms with E-state index in [9.17, 15) is 5.26 Å². The Morgan fingerprint density at radius 1 is 1.29 bits per heavy atom. The Bertz CT molecular complexity index is 450. The number of hydrogen-bond acceptors (Lipinski definition) is 3. The van der Waals surface area contributed by atoms with Crippen LogP contribution in [0, 0.1) is 17.2 Å². The molecule has 3 nitrogen and oxygen atoms in total. The van der Waals surface area contributed by atoms with E-state index >= 15 is 0 Å². The van der Waals surface area contributed by atoms with Gasteiger partial charge >= 0.3 is 0 Å². The number of nitrogens with one attached hydrogen (secondary N) is 1. The predicted octanol–water partition coefficient (Wildman–Crippen LogP) is 3.61. The summed E-state index contributed by atoms with van der Waals surface area (Å²) in [5.74, 6) is 0.901. The molecule has 0 heterocycles. The monoisotopic (exact) mass is 286 g/mol. The van der Waals surface area contributed by atoms with E-state index in [4.69, 9.17) is 4.74 Å². The van der Waals surface area contributed by atoms with Crippen LogP contribution in [0.5, 0.6) is 0 Å². The van der Waals surface area contributed by atoms with Gasteiger partial charge in [-0.1, -0.05) is 50.1 Å². The van der Waals surface area contributed by atoms with E-state index in [0.717, 1.165) is 31.1 Å². The zero-order valence-electron chi connectivity index (χ0n) is 13.0. The van der Waals surface area contributed by atoms with Gasteiger partial charge in [-0.25, -0.2) is 0 Å². The smallest absolute Gasteiger partial charge is 0.134 e. The molecule has 1 N–H and O–H groups in total. The molecule has 0 saturated heterocycles. The first-order chi connectivity index (χ1) is 10.3. The van der Waals surface area contributed by atoms with E-state index in [1.807, 2.05) is 30.3 Å². The molecule has 0 amide bonds. The van der Waals surface area contributed by atoms with Crippen LogP contribution in [0.15, 0.2) is 30.3 Å². The number of nitrogens with zero attached hydrogens (tertiary/aromatic N) is 1. The van der Waals surface area contributed by atoms with Crippen LogP contribution < -0.4 is 5.32 Å². The van der Waals surface area contributed by atoms with Gasteiger partial charge in [-0.2, -0.15) is 5.26 Å². The van der Waals surface area contributed by atoms with Crippen LogP contribution in [-0.4, -0.2) is 19.8 Å². The fourth-order valence-electron chi connectivity index (χ4n) is 2.54. The lowest BCUT2D eigenvalue weighted by Gasteiger charge is -2.28. The number of ether oxygens (including phenoxy) is 1. The van der Waals surface area contributed by atoms with Crippen molar-refractivity contribution >= 4 is 0 Å². The quantitative estimate of drug-likeness (QED) is 0.668. The Morgan fingerprint density at radius 2 is 2.05 bits per heavy atom. The highest BCUT2D eigenvalue weighted by molar-refractivity contribution is 5.31. The maximum absolute atomic E-state index is 9.74. The van der Waals surface area contributed by atoms with Crippen LogP contribution in [0.25, 0.3) is 0 Å². The number of hydrogen-bond donors (Lipinski definition) is 1. The van der Waals surface area contributed by atoms with Crippen molar-refractivity contribution in [2.45, 2.75) is 44.6 Å². The van der Waals surface area contributed by atoms with Crippen LogP contribution in [-0.2, 0) is 10.3 Å². The van der Waals surface area contributed by atoms with Gasteiger partial charge in [0.1, 0.15) is 5.54 Å². The normalized spacial score (nSPS) is 17.1. The van der Waals surface area contributed by atoms with E-state index < -0.39 is 5.54 Å². The molecular formula is C18H26N2O. The van der Waals surface area contributed by atoms with Gasteiger partial charge in [-0.15, -0.1) is 0 Å². The topological polar surface area (TPSA) is 45.0 Å². The minimum atomic E-state index is -0.628. The fourth-order valence-corrected chi connectivity index (χ4v) is 2.54. The number of benzene rings is 1. The second kappa shape index (κ2) is 8.17. The molecule has 21 heavy (non-hydrogen) atoms. The van der Waals surface area contributed by atoms with Crippen LogP contribution in [0.2, 0.25) is 0 Å². The third-order valence-electron chi connectivity index (χ3n) is 4.12. The van der Waals surface area contributed by atoms with Gasteiger partial charge in [0, 0.05) is 19.6 Å². The van der Waals surface area contributed by atoms with Gasteiger partial charge in [-0.3, -0.25) is 5.32 Å². The molecule has 0 radical (unpaired) electrons. The Balaban J connectivity index is 1.91. The largest absolute Gasteiger partial charge is 0.381 e. The lowest BCUT2D eigenvalue weighted by Crippen LogP contribution is -2.42. The summed E-state index contributed by atoms with van der Waals surface area (Å²) in [6, 6.07) is 12.5. The summed E-state index contributed by atoms with van der Waals surface area (Å²) >= 11 is 0. The number of nitriles is 1. The summed E-state index contributed by atoms with van der Waals surface area (Å²) in [5, 5.41) is 13.2. The zero-order valence-corrected chi connectivity index (χ0v) is 13.0. The van der Waals surface area contributed by atoms with E-state index in [1.54, 1.807) is 0 Å². The summed E-state index contributed by atoms with van der Waals surface area (Å²) in [6.45, 7) is 4.41. The highest BCUT2D eigenvalue weighted by Gasteiger charge is 2.31. The van der Waals surface area contributed by atoms with E-state index in [1.165, 1.54) is 19.3 Å². The molecule has 3 heteroatoms. The van der Waals surface area contributed by atoms with Crippen LogP contribution in [0.4, 0.5) is 0 Å². The Labute approximate surface area is 128 Å². The first-order valence-corrected chi connectivity index (χ1v) is 8.10. The molecule has 0 spiro atoms. The first kappa shape index (κ1) is 16.0. The minimum absolute atomic E-state index is 0.628. The zero-order chi connectivity index (χ0) is 15.0. The summed E-state index contributed by atoms with van der Waals surface area (Å²) in [6.07, 6.45) is 5.62. The maximum Gasteiger partial charge on any atom is 0.134 e. The molecule has 0 aliphatic heterocycles. The lowest BCUT2D eigenvalue weighted by molar-refractivity contribution is 0.110.